The third-order valence-electron chi connectivity index (χ3n) is 3.28. The topological polar surface area (TPSA) is 12.0 Å². The Morgan fingerprint density at radius 2 is 1.95 bits per heavy atom. The molecule has 0 saturated heterocycles. The van der Waals surface area contributed by atoms with Gasteiger partial charge in [-0.05, 0) is 47.9 Å². The van der Waals surface area contributed by atoms with Crippen molar-refractivity contribution in [2.24, 2.45) is 0 Å². The zero-order chi connectivity index (χ0) is 15.6. The summed E-state index contributed by atoms with van der Waals surface area (Å²) in [7, 11) is 0. The standard InChI is InChI=1S/C17H21BrClNS/c1-5-20-16(11-8-12(18)10-13(19)9-11)14-6-7-15(21-14)17(2,3)4/h6-10,16,20H,5H2,1-4H3. The van der Waals surface area contributed by atoms with Crippen molar-refractivity contribution >= 4 is 38.9 Å². The van der Waals surface area contributed by atoms with E-state index in [1.165, 1.54) is 15.3 Å². The van der Waals surface area contributed by atoms with Gasteiger partial charge in [-0.3, -0.25) is 0 Å². The summed E-state index contributed by atoms with van der Waals surface area (Å²) in [5, 5.41) is 4.32. The molecule has 1 N–H and O–H groups in total. The number of thiophene rings is 1. The van der Waals surface area contributed by atoms with E-state index >= 15 is 0 Å². The minimum atomic E-state index is 0.186. The quantitative estimate of drug-likeness (QED) is 0.663. The summed E-state index contributed by atoms with van der Waals surface area (Å²) in [4.78, 5) is 2.73. The summed E-state index contributed by atoms with van der Waals surface area (Å²) in [6.07, 6.45) is 0. The molecule has 4 heteroatoms. The molecule has 0 aliphatic rings. The van der Waals surface area contributed by atoms with E-state index in [0.29, 0.717) is 0 Å². The molecule has 0 bridgehead atoms. The van der Waals surface area contributed by atoms with Crippen molar-refractivity contribution in [3.05, 3.63) is 55.1 Å². The number of halogens is 2. The fraction of sp³-hybridized carbons (Fsp3) is 0.412. The van der Waals surface area contributed by atoms with Gasteiger partial charge in [0, 0.05) is 19.2 Å². The lowest BCUT2D eigenvalue weighted by molar-refractivity contribution is 0.604. The van der Waals surface area contributed by atoms with Gasteiger partial charge in [0.1, 0.15) is 0 Å². The van der Waals surface area contributed by atoms with E-state index in [4.69, 9.17) is 11.6 Å². The van der Waals surface area contributed by atoms with Crippen LogP contribution >= 0.6 is 38.9 Å². The molecule has 0 radical (unpaired) electrons. The average molecular weight is 387 g/mol. The van der Waals surface area contributed by atoms with E-state index in [-0.39, 0.29) is 11.5 Å². The van der Waals surface area contributed by atoms with Crippen LogP contribution in [0.1, 0.15) is 49.1 Å². The highest BCUT2D eigenvalue weighted by Gasteiger charge is 2.21. The number of hydrogen-bond acceptors (Lipinski definition) is 2. The Morgan fingerprint density at radius 1 is 1.24 bits per heavy atom. The van der Waals surface area contributed by atoms with Gasteiger partial charge in [-0.2, -0.15) is 0 Å². The molecule has 1 aromatic carbocycles. The molecule has 0 aliphatic heterocycles. The molecule has 1 aromatic heterocycles. The van der Waals surface area contributed by atoms with E-state index in [1.807, 2.05) is 23.5 Å². The van der Waals surface area contributed by atoms with Crippen LogP contribution in [-0.2, 0) is 5.41 Å². The van der Waals surface area contributed by atoms with Crippen LogP contribution < -0.4 is 5.32 Å². The molecular weight excluding hydrogens is 366 g/mol. The van der Waals surface area contributed by atoms with Crippen molar-refractivity contribution in [3.63, 3.8) is 0 Å². The lowest BCUT2D eigenvalue weighted by Gasteiger charge is -2.19. The van der Waals surface area contributed by atoms with Gasteiger partial charge < -0.3 is 5.32 Å². The fourth-order valence-corrected chi connectivity index (χ4v) is 4.30. The minimum Gasteiger partial charge on any atom is -0.306 e. The first-order valence-electron chi connectivity index (χ1n) is 7.11. The molecule has 1 atom stereocenters. The Morgan fingerprint density at radius 3 is 2.48 bits per heavy atom. The van der Waals surface area contributed by atoms with Crippen molar-refractivity contribution in [3.8, 4) is 0 Å². The molecule has 21 heavy (non-hydrogen) atoms. The van der Waals surface area contributed by atoms with Gasteiger partial charge in [0.15, 0.2) is 0 Å². The third kappa shape index (κ3) is 4.32. The first-order chi connectivity index (χ1) is 9.81. The van der Waals surface area contributed by atoms with Crippen molar-refractivity contribution in [2.75, 3.05) is 6.54 Å². The van der Waals surface area contributed by atoms with Gasteiger partial charge in [0.2, 0.25) is 0 Å². The molecule has 2 rings (SSSR count). The van der Waals surface area contributed by atoms with Crippen LogP contribution in [0.5, 0.6) is 0 Å². The molecule has 0 fully saturated rings. The lowest BCUT2D eigenvalue weighted by Crippen LogP contribution is -2.21. The van der Waals surface area contributed by atoms with Crippen LogP contribution in [0.3, 0.4) is 0 Å². The highest BCUT2D eigenvalue weighted by atomic mass is 79.9. The van der Waals surface area contributed by atoms with Gasteiger partial charge in [-0.15, -0.1) is 11.3 Å². The molecule has 1 unspecified atom stereocenters. The molecule has 1 nitrogen and oxygen atoms in total. The number of hydrogen-bond donors (Lipinski definition) is 1. The van der Waals surface area contributed by atoms with Crippen molar-refractivity contribution in [1.82, 2.24) is 5.32 Å². The van der Waals surface area contributed by atoms with Crippen LogP contribution in [0.2, 0.25) is 5.02 Å². The Kier molecular flexibility index (Phi) is 5.53. The van der Waals surface area contributed by atoms with Gasteiger partial charge >= 0.3 is 0 Å². The number of nitrogens with one attached hydrogen (secondary N) is 1. The summed E-state index contributed by atoms with van der Waals surface area (Å²) < 4.78 is 1.01. The summed E-state index contributed by atoms with van der Waals surface area (Å²) in [6, 6.07) is 10.7. The Labute approximate surface area is 144 Å². The second kappa shape index (κ2) is 6.82. The molecule has 0 saturated carbocycles. The van der Waals surface area contributed by atoms with E-state index in [9.17, 15) is 0 Å². The predicted octanol–water partition coefficient (Wildman–Crippen LogP) is 6.16. The SMILES string of the molecule is CCNC(c1cc(Cl)cc(Br)c1)c1ccc(C(C)(C)C)s1. The second-order valence-corrected chi connectivity index (χ2v) is 8.61. The maximum atomic E-state index is 6.21. The average Bonchev–Trinajstić information content (AvgIpc) is 2.83. The summed E-state index contributed by atoms with van der Waals surface area (Å²) in [6.45, 7) is 9.80. The normalized spacial score (nSPS) is 13.4. The molecular formula is C17H21BrClNS. The van der Waals surface area contributed by atoms with Crippen LogP contribution in [-0.4, -0.2) is 6.54 Å². The summed E-state index contributed by atoms with van der Waals surface area (Å²) in [5.74, 6) is 0. The fourth-order valence-electron chi connectivity index (χ4n) is 2.24. The van der Waals surface area contributed by atoms with E-state index in [1.54, 1.807) is 0 Å². The number of rotatable bonds is 4. The van der Waals surface area contributed by atoms with Gasteiger partial charge in [-0.1, -0.05) is 55.2 Å². The van der Waals surface area contributed by atoms with Crippen molar-refractivity contribution in [1.29, 1.82) is 0 Å². The molecule has 114 valence electrons. The molecule has 2 aromatic rings. The zero-order valence-corrected chi connectivity index (χ0v) is 16.0. The van der Waals surface area contributed by atoms with E-state index < -0.39 is 0 Å². The van der Waals surface area contributed by atoms with Gasteiger partial charge in [0.25, 0.3) is 0 Å². The highest BCUT2D eigenvalue weighted by molar-refractivity contribution is 9.10. The third-order valence-corrected chi connectivity index (χ3v) is 5.53. The Balaban J connectivity index is 2.41. The van der Waals surface area contributed by atoms with Crippen molar-refractivity contribution in [2.45, 2.75) is 39.2 Å². The van der Waals surface area contributed by atoms with E-state index in [0.717, 1.165) is 16.0 Å². The zero-order valence-electron chi connectivity index (χ0n) is 12.8. The summed E-state index contributed by atoms with van der Waals surface area (Å²) >= 11 is 11.6. The molecule has 0 amide bonds. The van der Waals surface area contributed by atoms with Crippen LogP contribution in [0, 0.1) is 0 Å². The first-order valence-corrected chi connectivity index (χ1v) is 9.09. The Hall–Kier alpha value is -0.350. The monoisotopic (exact) mass is 385 g/mol. The smallest absolute Gasteiger partial charge is 0.0671 e. The van der Waals surface area contributed by atoms with Crippen LogP contribution in [0.15, 0.2) is 34.8 Å². The van der Waals surface area contributed by atoms with Crippen molar-refractivity contribution < 1.29 is 0 Å². The maximum absolute atomic E-state index is 6.21. The largest absolute Gasteiger partial charge is 0.306 e. The van der Waals surface area contributed by atoms with Crippen LogP contribution in [0.4, 0.5) is 0 Å². The van der Waals surface area contributed by atoms with Crippen LogP contribution in [0.25, 0.3) is 0 Å². The maximum Gasteiger partial charge on any atom is 0.0671 e. The predicted molar refractivity (Wildman–Crippen MR) is 97.7 cm³/mol. The first kappa shape index (κ1) is 17.0. The second-order valence-electron chi connectivity index (χ2n) is 6.15. The minimum absolute atomic E-state index is 0.186. The lowest BCUT2D eigenvalue weighted by atomic mass is 9.95. The Bertz CT molecular complexity index is 595. The summed E-state index contributed by atoms with van der Waals surface area (Å²) in [5.41, 5.74) is 1.38. The molecule has 1 heterocycles. The van der Waals surface area contributed by atoms with Gasteiger partial charge in [0.05, 0.1) is 6.04 Å². The number of benzene rings is 1. The molecule has 0 aliphatic carbocycles. The van der Waals surface area contributed by atoms with Gasteiger partial charge in [-0.25, -0.2) is 0 Å². The highest BCUT2D eigenvalue weighted by Crippen LogP contribution is 2.36. The molecule has 0 spiro atoms. The van der Waals surface area contributed by atoms with E-state index in [2.05, 4.69) is 67.1 Å².